The number of nitrogens with zero attached hydrogens (tertiary/aromatic N) is 1. The van der Waals surface area contributed by atoms with E-state index in [4.69, 9.17) is 4.42 Å². The number of amides is 1. The van der Waals surface area contributed by atoms with E-state index in [1.165, 1.54) is 12.5 Å². The molecule has 1 aromatic heterocycles. The third-order valence-corrected chi connectivity index (χ3v) is 3.43. The molecule has 0 aromatic carbocycles. The predicted molar refractivity (Wildman–Crippen MR) is 42.2 cm³/mol. The first kappa shape index (κ1) is 7.54. The molecule has 1 aliphatic rings. The van der Waals surface area contributed by atoms with Crippen LogP contribution in [-0.4, -0.2) is 16.4 Å². The first-order chi connectivity index (χ1) is 5.59. The van der Waals surface area contributed by atoms with Crippen molar-refractivity contribution in [2.24, 2.45) is 4.36 Å². The summed E-state index contributed by atoms with van der Waals surface area (Å²) >= 11 is 0. The fourth-order valence-corrected chi connectivity index (χ4v) is 2.61. The molecule has 0 bridgehead atoms. The Labute approximate surface area is 69.8 Å². The average molecular weight is 185 g/mol. The van der Waals surface area contributed by atoms with E-state index in [2.05, 4.69) is 4.36 Å². The van der Waals surface area contributed by atoms with Gasteiger partial charge in [0.15, 0.2) is 0 Å². The van der Waals surface area contributed by atoms with Crippen LogP contribution >= 0.6 is 0 Å². The lowest BCUT2D eigenvalue weighted by atomic mass is 10.3. The summed E-state index contributed by atoms with van der Waals surface area (Å²) in [6.07, 6.45) is 3.01. The molecule has 1 aliphatic heterocycles. The fourth-order valence-electron chi connectivity index (χ4n) is 1.21. The molecule has 2 heterocycles. The zero-order chi connectivity index (χ0) is 8.77. The maximum Gasteiger partial charge on any atom is 0.261 e. The Bertz CT molecular complexity index is 451. The highest BCUT2D eigenvalue weighted by Crippen LogP contribution is 2.23. The van der Waals surface area contributed by atoms with Gasteiger partial charge in [0.25, 0.3) is 5.91 Å². The highest BCUT2D eigenvalue weighted by atomic mass is 32.2. The summed E-state index contributed by atoms with van der Waals surface area (Å²) in [5.41, 5.74) is 0. The third-order valence-electron chi connectivity index (χ3n) is 1.70. The van der Waals surface area contributed by atoms with Crippen molar-refractivity contribution in [3.05, 3.63) is 18.1 Å². The third kappa shape index (κ3) is 0.972. The quantitative estimate of drug-likeness (QED) is 0.601. The van der Waals surface area contributed by atoms with E-state index in [-0.39, 0.29) is 12.3 Å². The van der Waals surface area contributed by atoms with Gasteiger partial charge in [-0.1, -0.05) is 0 Å². The van der Waals surface area contributed by atoms with Crippen molar-refractivity contribution in [1.82, 2.24) is 0 Å². The van der Waals surface area contributed by atoms with Crippen molar-refractivity contribution < 1.29 is 13.4 Å². The number of rotatable bonds is 0. The van der Waals surface area contributed by atoms with Gasteiger partial charge >= 0.3 is 0 Å². The summed E-state index contributed by atoms with van der Waals surface area (Å²) in [4.78, 5) is 11.5. The van der Waals surface area contributed by atoms with Crippen molar-refractivity contribution >= 4 is 15.6 Å². The maximum atomic E-state index is 11.7. The molecule has 0 fully saturated rings. The average Bonchev–Trinajstić information content (AvgIpc) is 2.32. The lowest BCUT2D eigenvalue weighted by Crippen LogP contribution is -2.12. The fraction of sp³-hybridized carbons (Fsp3) is 0.286. The Morgan fingerprint density at radius 2 is 2.42 bits per heavy atom. The lowest BCUT2D eigenvalue weighted by Gasteiger charge is -2.07. The van der Waals surface area contributed by atoms with Crippen molar-refractivity contribution in [2.45, 2.75) is 11.3 Å². The Morgan fingerprint density at radius 1 is 1.67 bits per heavy atom. The van der Waals surface area contributed by atoms with Crippen LogP contribution in [0.4, 0.5) is 0 Å². The molecule has 0 saturated heterocycles. The monoisotopic (exact) mass is 185 g/mol. The number of fused-ring (bicyclic) bond motifs is 1. The van der Waals surface area contributed by atoms with Gasteiger partial charge in [0.2, 0.25) is 0 Å². The second-order valence-electron chi connectivity index (χ2n) is 2.67. The van der Waals surface area contributed by atoms with Crippen LogP contribution in [0.15, 0.2) is 26.0 Å². The van der Waals surface area contributed by atoms with Crippen molar-refractivity contribution in [2.75, 3.05) is 6.26 Å². The zero-order valence-electron chi connectivity index (χ0n) is 6.44. The summed E-state index contributed by atoms with van der Waals surface area (Å²) in [5, 5.41) is 0. The smallest absolute Gasteiger partial charge is 0.261 e. The minimum absolute atomic E-state index is 0.132. The normalized spacial score (nSPS) is 27.9. The topological polar surface area (TPSA) is 59.6 Å². The van der Waals surface area contributed by atoms with Crippen molar-refractivity contribution in [3.8, 4) is 0 Å². The standard InChI is InChI=1S/C7H7NO3S/c1-12(10)6-2-3-11-5(6)4-7(9)8-12/h2-3H,4H2,1H3. The van der Waals surface area contributed by atoms with E-state index in [1.54, 1.807) is 6.07 Å². The van der Waals surface area contributed by atoms with Gasteiger partial charge in [0, 0.05) is 6.26 Å². The second kappa shape index (κ2) is 2.20. The molecule has 64 valence electrons. The summed E-state index contributed by atoms with van der Waals surface area (Å²) in [6.45, 7) is 0. The number of hydrogen-bond acceptors (Lipinski definition) is 3. The van der Waals surface area contributed by atoms with Gasteiger partial charge in [-0.2, -0.15) is 4.36 Å². The molecule has 12 heavy (non-hydrogen) atoms. The Balaban J connectivity index is 2.77. The molecular weight excluding hydrogens is 178 g/mol. The van der Waals surface area contributed by atoms with Gasteiger partial charge in [0.05, 0.1) is 27.3 Å². The van der Waals surface area contributed by atoms with E-state index >= 15 is 0 Å². The molecule has 1 aromatic rings. The molecule has 1 atom stereocenters. The molecule has 0 aliphatic carbocycles. The number of carbonyl (C=O) groups is 1. The molecular formula is C7H7NO3S. The Morgan fingerprint density at radius 3 is 3.17 bits per heavy atom. The van der Waals surface area contributed by atoms with Gasteiger partial charge in [0.1, 0.15) is 5.76 Å². The number of hydrogen-bond donors (Lipinski definition) is 0. The molecule has 0 saturated carbocycles. The highest BCUT2D eigenvalue weighted by molar-refractivity contribution is 7.93. The molecule has 0 N–H and O–H groups in total. The number of carbonyl (C=O) groups excluding carboxylic acids is 1. The largest absolute Gasteiger partial charge is 0.467 e. The maximum absolute atomic E-state index is 11.7. The van der Waals surface area contributed by atoms with Crippen LogP contribution in [0.5, 0.6) is 0 Å². The summed E-state index contributed by atoms with van der Waals surface area (Å²) < 4.78 is 20.2. The van der Waals surface area contributed by atoms with E-state index in [1.807, 2.05) is 0 Å². The molecule has 4 nitrogen and oxygen atoms in total. The summed E-state index contributed by atoms with van der Waals surface area (Å²) in [7, 11) is -2.52. The molecule has 0 radical (unpaired) electrons. The van der Waals surface area contributed by atoms with Crippen LogP contribution in [-0.2, 0) is 20.9 Å². The van der Waals surface area contributed by atoms with Gasteiger partial charge in [-0.25, -0.2) is 4.21 Å². The van der Waals surface area contributed by atoms with Crippen LogP contribution in [0, 0.1) is 0 Å². The van der Waals surface area contributed by atoms with Crippen LogP contribution < -0.4 is 0 Å². The van der Waals surface area contributed by atoms with E-state index in [0.717, 1.165) is 0 Å². The van der Waals surface area contributed by atoms with Crippen LogP contribution in [0.2, 0.25) is 0 Å². The first-order valence-corrected chi connectivity index (χ1v) is 5.33. The van der Waals surface area contributed by atoms with Crippen LogP contribution in [0.25, 0.3) is 0 Å². The minimum Gasteiger partial charge on any atom is -0.467 e. The van der Waals surface area contributed by atoms with Gasteiger partial charge in [-0.3, -0.25) is 4.79 Å². The van der Waals surface area contributed by atoms with E-state index < -0.39 is 9.73 Å². The molecule has 2 rings (SSSR count). The van der Waals surface area contributed by atoms with Gasteiger partial charge in [-0.05, 0) is 6.07 Å². The summed E-state index contributed by atoms with van der Waals surface area (Å²) in [5.74, 6) is 0.118. The lowest BCUT2D eigenvalue weighted by molar-refractivity contribution is -0.117. The predicted octanol–water partition coefficient (Wildman–Crippen LogP) is 0.819. The number of furan rings is 1. The van der Waals surface area contributed by atoms with Crippen molar-refractivity contribution in [1.29, 1.82) is 0 Å². The SMILES string of the molecule is CS1(=O)=NC(=O)Cc2occc21. The molecule has 5 heteroatoms. The zero-order valence-corrected chi connectivity index (χ0v) is 7.26. The minimum atomic E-state index is -2.52. The van der Waals surface area contributed by atoms with Crippen LogP contribution in [0.1, 0.15) is 5.76 Å². The van der Waals surface area contributed by atoms with E-state index in [0.29, 0.717) is 10.7 Å². The molecule has 1 unspecified atom stereocenters. The van der Waals surface area contributed by atoms with E-state index in [9.17, 15) is 9.00 Å². The Kier molecular flexibility index (Phi) is 1.38. The molecule has 0 spiro atoms. The summed E-state index contributed by atoms with van der Waals surface area (Å²) in [6, 6.07) is 1.60. The Hall–Kier alpha value is -1.10. The first-order valence-electron chi connectivity index (χ1n) is 3.41. The highest BCUT2D eigenvalue weighted by Gasteiger charge is 2.23. The second-order valence-corrected chi connectivity index (χ2v) is 4.90. The van der Waals surface area contributed by atoms with Crippen LogP contribution in [0.3, 0.4) is 0 Å². The van der Waals surface area contributed by atoms with Crippen molar-refractivity contribution in [3.63, 3.8) is 0 Å². The van der Waals surface area contributed by atoms with Gasteiger partial charge < -0.3 is 4.42 Å². The van der Waals surface area contributed by atoms with Gasteiger partial charge in [-0.15, -0.1) is 0 Å². The molecule has 1 amide bonds.